The minimum absolute atomic E-state index is 0.870. The van der Waals surface area contributed by atoms with E-state index >= 15 is 0 Å². The van der Waals surface area contributed by atoms with E-state index in [0.717, 1.165) is 18.5 Å². The molecule has 1 heterocycles. The number of nitrogens with one attached hydrogen (secondary N) is 2. The fourth-order valence-electron chi connectivity index (χ4n) is 2.43. The summed E-state index contributed by atoms with van der Waals surface area (Å²) in [5.41, 5.74) is 0. The van der Waals surface area contributed by atoms with Crippen molar-refractivity contribution >= 4 is 0 Å². The molecule has 2 N–H and O–H groups in total. The van der Waals surface area contributed by atoms with Gasteiger partial charge in [-0.2, -0.15) is 0 Å². The van der Waals surface area contributed by atoms with Crippen LogP contribution in [0.25, 0.3) is 0 Å². The van der Waals surface area contributed by atoms with Crippen molar-refractivity contribution in [3.63, 3.8) is 0 Å². The van der Waals surface area contributed by atoms with Crippen LogP contribution in [0.5, 0.6) is 0 Å². The highest BCUT2D eigenvalue weighted by atomic mass is 15.1. The lowest BCUT2D eigenvalue weighted by Gasteiger charge is -2.25. The molecular weight excluding hydrogens is 184 g/mol. The van der Waals surface area contributed by atoms with Crippen molar-refractivity contribution in [2.24, 2.45) is 11.8 Å². The van der Waals surface area contributed by atoms with Crippen molar-refractivity contribution in [1.82, 2.24) is 10.6 Å². The second-order valence-electron chi connectivity index (χ2n) is 4.94. The highest BCUT2D eigenvalue weighted by molar-refractivity contribution is 4.71. The van der Waals surface area contributed by atoms with E-state index in [4.69, 9.17) is 0 Å². The van der Waals surface area contributed by atoms with E-state index in [1.54, 1.807) is 0 Å². The highest BCUT2D eigenvalue weighted by Gasteiger charge is 2.14. The van der Waals surface area contributed by atoms with Crippen LogP contribution in [0.15, 0.2) is 0 Å². The molecule has 0 aromatic carbocycles. The second-order valence-corrected chi connectivity index (χ2v) is 4.94. The van der Waals surface area contributed by atoms with Gasteiger partial charge in [0, 0.05) is 19.8 Å². The van der Waals surface area contributed by atoms with Crippen molar-refractivity contribution in [1.29, 1.82) is 0 Å². The highest BCUT2D eigenvalue weighted by Crippen LogP contribution is 2.21. The lowest BCUT2D eigenvalue weighted by atomic mass is 9.90. The maximum absolute atomic E-state index is 3.41. The summed E-state index contributed by atoms with van der Waals surface area (Å²) in [5, 5.41) is 6.82. The van der Waals surface area contributed by atoms with Gasteiger partial charge in [-0.05, 0) is 18.3 Å². The maximum Gasteiger partial charge on any atom is 0.0454 e. The van der Waals surface area contributed by atoms with Crippen LogP contribution < -0.4 is 10.6 Å². The van der Waals surface area contributed by atoms with E-state index in [1.807, 2.05) is 0 Å². The molecule has 0 aromatic rings. The Morgan fingerprint density at radius 2 is 1.87 bits per heavy atom. The van der Waals surface area contributed by atoms with Crippen LogP contribution in [-0.4, -0.2) is 19.8 Å². The molecule has 1 fully saturated rings. The molecule has 0 spiro atoms. The SMILES string of the molecule is CCCCC(CC)CCC1CNCNC1. The van der Waals surface area contributed by atoms with Crippen molar-refractivity contribution in [3.05, 3.63) is 0 Å². The predicted octanol–water partition coefficient (Wildman–Crippen LogP) is 2.75. The second kappa shape index (κ2) is 8.12. The molecule has 2 nitrogen and oxygen atoms in total. The van der Waals surface area contributed by atoms with Crippen LogP contribution in [0.2, 0.25) is 0 Å². The van der Waals surface area contributed by atoms with E-state index in [1.165, 1.54) is 51.6 Å². The normalized spacial score (nSPS) is 20.4. The van der Waals surface area contributed by atoms with Crippen LogP contribution in [0, 0.1) is 11.8 Å². The van der Waals surface area contributed by atoms with Gasteiger partial charge in [-0.1, -0.05) is 46.0 Å². The van der Waals surface area contributed by atoms with E-state index < -0.39 is 0 Å². The first-order chi connectivity index (χ1) is 7.36. The summed E-state index contributed by atoms with van der Waals surface area (Å²) < 4.78 is 0. The van der Waals surface area contributed by atoms with Gasteiger partial charge in [-0.3, -0.25) is 0 Å². The molecule has 0 radical (unpaired) electrons. The zero-order valence-electron chi connectivity index (χ0n) is 10.5. The molecule has 1 atom stereocenters. The van der Waals surface area contributed by atoms with E-state index in [2.05, 4.69) is 24.5 Å². The molecule has 0 amide bonds. The molecule has 0 saturated carbocycles. The third-order valence-corrected chi connectivity index (χ3v) is 3.64. The van der Waals surface area contributed by atoms with Crippen molar-refractivity contribution in [2.45, 2.75) is 52.4 Å². The zero-order chi connectivity index (χ0) is 10.9. The fourth-order valence-corrected chi connectivity index (χ4v) is 2.43. The molecule has 0 bridgehead atoms. The summed E-state index contributed by atoms with van der Waals surface area (Å²) >= 11 is 0. The average molecular weight is 212 g/mol. The van der Waals surface area contributed by atoms with E-state index in [-0.39, 0.29) is 0 Å². The van der Waals surface area contributed by atoms with Crippen LogP contribution >= 0.6 is 0 Å². The first-order valence-corrected chi connectivity index (χ1v) is 6.78. The number of rotatable bonds is 7. The molecule has 1 rings (SSSR count). The molecule has 0 aliphatic carbocycles. The van der Waals surface area contributed by atoms with E-state index in [9.17, 15) is 0 Å². The first kappa shape index (κ1) is 13.0. The fraction of sp³-hybridized carbons (Fsp3) is 1.00. The standard InChI is InChI=1S/C13H28N2/c1-3-5-6-12(4-2)7-8-13-9-14-11-15-10-13/h12-15H,3-11H2,1-2H3. The number of unbranched alkanes of at least 4 members (excludes halogenated alkanes) is 1. The Balaban J connectivity index is 2.09. The third kappa shape index (κ3) is 5.53. The van der Waals surface area contributed by atoms with E-state index in [0.29, 0.717) is 0 Å². The summed E-state index contributed by atoms with van der Waals surface area (Å²) in [4.78, 5) is 0. The van der Waals surface area contributed by atoms with Crippen LogP contribution in [-0.2, 0) is 0 Å². The molecule has 2 heteroatoms. The van der Waals surface area contributed by atoms with Gasteiger partial charge in [0.1, 0.15) is 0 Å². The summed E-state index contributed by atoms with van der Waals surface area (Å²) in [6.45, 7) is 8.08. The summed E-state index contributed by atoms with van der Waals surface area (Å²) in [5.74, 6) is 1.85. The predicted molar refractivity (Wildman–Crippen MR) is 66.9 cm³/mol. The van der Waals surface area contributed by atoms with Crippen LogP contribution in [0.3, 0.4) is 0 Å². The molecule has 1 saturated heterocycles. The van der Waals surface area contributed by atoms with Gasteiger partial charge in [0.25, 0.3) is 0 Å². The Kier molecular flexibility index (Phi) is 7.03. The zero-order valence-corrected chi connectivity index (χ0v) is 10.5. The van der Waals surface area contributed by atoms with Gasteiger partial charge >= 0.3 is 0 Å². The van der Waals surface area contributed by atoms with Gasteiger partial charge in [0.15, 0.2) is 0 Å². The maximum atomic E-state index is 3.41. The molecule has 1 aliphatic heterocycles. The summed E-state index contributed by atoms with van der Waals surface area (Å²) in [6.07, 6.45) is 8.42. The molecular formula is C13H28N2. The van der Waals surface area contributed by atoms with Crippen molar-refractivity contribution < 1.29 is 0 Å². The van der Waals surface area contributed by atoms with Crippen LogP contribution in [0.1, 0.15) is 52.4 Å². The van der Waals surface area contributed by atoms with Crippen LogP contribution in [0.4, 0.5) is 0 Å². The topological polar surface area (TPSA) is 24.1 Å². The number of hydrogen-bond donors (Lipinski definition) is 2. The Hall–Kier alpha value is -0.0800. The first-order valence-electron chi connectivity index (χ1n) is 6.78. The number of hydrogen-bond acceptors (Lipinski definition) is 2. The third-order valence-electron chi connectivity index (χ3n) is 3.64. The molecule has 90 valence electrons. The molecule has 1 unspecified atom stereocenters. The minimum atomic E-state index is 0.870. The summed E-state index contributed by atoms with van der Waals surface area (Å²) in [7, 11) is 0. The Labute approximate surface area is 95.2 Å². The van der Waals surface area contributed by atoms with Gasteiger partial charge in [-0.25, -0.2) is 0 Å². The average Bonchev–Trinajstić information content (AvgIpc) is 2.31. The summed E-state index contributed by atoms with van der Waals surface area (Å²) in [6, 6.07) is 0. The lowest BCUT2D eigenvalue weighted by molar-refractivity contribution is 0.310. The van der Waals surface area contributed by atoms with Crippen molar-refractivity contribution in [3.8, 4) is 0 Å². The van der Waals surface area contributed by atoms with Gasteiger partial charge in [0.2, 0.25) is 0 Å². The Morgan fingerprint density at radius 1 is 1.13 bits per heavy atom. The minimum Gasteiger partial charge on any atom is -0.304 e. The molecule has 15 heavy (non-hydrogen) atoms. The van der Waals surface area contributed by atoms with Crippen molar-refractivity contribution in [2.75, 3.05) is 19.8 Å². The lowest BCUT2D eigenvalue weighted by Crippen LogP contribution is -2.43. The monoisotopic (exact) mass is 212 g/mol. The quantitative estimate of drug-likeness (QED) is 0.678. The van der Waals surface area contributed by atoms with Gasteiger partial charge in [-0.15, -0.1) is 0 Å². The molecule has 1 aliphatic rings. The largest absolute Gasteiger partial charge is 0.304 e. The Morgan fingerprint density at radius 3 is 2.47 bits per heavy atom. The smallest absolute Gasteiger partial charge is 0.0454 e. The Bertz CT molecular complexity index is 141. The van der Waals surface area contributed by atoms with Gasteiger partial charge in [0.05, 0.1) is 0 Å². The molecule has 0 aromatic heterocycles. The van der Waals surface area contributed by atoms with Gasteiger partial charge < -0.3 is 10.6 Å².